The van der Waals surface area contributed by atoms with Crippen LogP contribution in [0.3, 0.4) is 0 Å². The van der Waals surface area contributed by atoms with Gasteiger partial charge in [-0.1, -0.05) is 49.0 Å². The van der Waals surface area contributed by atoms with Crippen LogP contribution in [0.1, 0.15) is 24.5 Å². The van der Waals surface area contributed by atoms with Crippen molar-refractivity contribution in [1.29, 1.82) is 0 Å². The van der Waals surface area contributed by atoms with Gasteiger partial charge in [0.25, 0.3) is 0 Å². The minimum atomic E-state index is 1.03. The van der Waals surface area contributed by atoms with Crippen LogP contribution in [0.2, 0.25) is 0 Å². The zero-order valence-corrected chi connectivity index (χ0v) is 14.8. The molecule has 118 valence electrons. The number of nitrogens with one attached hydrogen (secondary N) is 1. The first kappa shape index (κ1) is 15.9. The van der Waals surface area contributed by atoms with E-state index in [9.17, 15) is 0 Å². The molecule has 0 saturated heterocycles. The largest absolute Gasteiger partial charge is 0.388 e. The lowest BCUT2D eigenvalue weighted by Gasteiger charge is -2.18. The fourth-order valence-electron chi connectivity index (χ4n) is 2.91. The van der Waals surface area contributed by atoms with Crippen molar-refractivity contribution in [3.8, 4) is 11.1 Å². The first-order valence-corrected chi connectivity index (χ1v) is 9.03. The fourth-order valence-corrected chi connectivity index (χ4v) is 3.86. The van der Waals surface area contributed by atoms with E-state index in [1.807, 2.05) is 18.8 Å². The van der Waals surface area contributed by atoms with Crippen molar-refractivity contribution in [1.82, 2.24) is 0 Å². The van der Waals surface area contributed by atoms with Gasteiger partial charge in [0, 0.05) is 17.6 Å². The van der Waals surface area contributed by atoms with E-state index in [1.54, 1.807) is 0 Å². The summed E-state index contributed by atoms with van der Waals surface area (Å²) in [5.41, 5.74) is 7.96. The summed E-state index contributed by atoms with van der Waals surface area (Å²) in [6.45, 7) is 4.40. The Morgan fingerprint density at radius 2 is 1.91 bits per heavy atom. The van der Waals surface area contributed by atoms with Crippen LogP contribution in [-0.4, -0.2) is 7.05 Å². The van der Waals surface area contributed by atoms with Crippen LogP contribution in [0.25, 0.3) is 11.1 Å². The monoisotopic (exact) mass is 321 g/mol. The fraction of sp³-hybridized carbons (Fsp3) is 0.238. The molecule has 23 heavy (non-hydrogen) atoms. The summed E-state index contributed by atoms with van der Waals surface area (Å²) in [5, 5.41) is 5.47. The lowest BCUT2D eigenvalue weighted by atomic mass is 9.96. The molecule has 0 aliphatic carbocycles. The van der Waals surface area contributed by atoms with Gasteiger partial charge in [0.2, 0.25) is 0 Å². The molecule has 1 aliphatic heterocycles. The lowest BCUT2D eigenvalue weighted by Crippen LogP contribution is -1.99. The van der Waals surface area contributed by atoms with Crippen LogP contribution in [0.5, 0.6) is 0 Å². The van der Waals surface area contributed by atoms with E-state index in [-0.39, 0.29) is 0 Å². The molecule has 1 heterocycles. The Morgan fingerprint density at radius 3 is 2.61 bits per heavy atom. The number of aryl methyl sites for hydroxylation is 1. The first-order valence-electron chi connectivity index (χ1n) is 8.15. The molecule has 1 N–H and O–H groups in total. The van der Waals surface area contributed by atoms with Crippen LogP contribution < -0.4 is 5.32 Å². The first-order chi connectivity index (χ1) is 11.2. The topological polar surface area (TPSA) is 12.0 Å². The van der Waals surface area contributed by atoms with E-state index in [1.165, 1.54) is 32.7 Å². The van der Waals surface area contributed by atoms with Crippen LogP contribution in [-0.2, 0) is 6.42 Å². The number of rotatable bonds is 4. The molecule has 2 aromatic carbocycles. The van der Waals surface area contributed by atoms with Crippen LogP contribution >= 0.6 is 11.8 Å². The van der Waals surface area contributed by atoms with Crippen molar-refractivity contribution in [2.75, 3.05) is 12.4 Å². The third-order valence-corrected chi connectivity index (χ3v) is 5.39. The van der Waals surface area contributed by atoms with Gasteiger partial charge in [-0.25, -0.2) is 0 Å². The SMILES string of the molecule is CC/C=C\C1=CSc2c(C)cc(-c3ccc(NC)cc3)cc2C1. The van der Waals surface area contributed by atoms with Crippen LogP contribution in [0, 0.1) is 6.92 Å². The maximum Gasteiger partial charge on any atom is 0.0337 e. The highest BCUT2D eigenvalue weighted by molar-refractivity contribution is 8.02. The minimum Gasteiger partial charge on any atom is -0.388 e. The molecule has 0 bridgehead atoms. The van der Waals surface area contributed by atoms with Gasteiger partial charge in [-0.05, 0) is 71.2 Å². The molecule has 0 unspecified atom stereocenters. The second kappa shape index (κ2) is 7.10. The molecule has 2 aromatic rings. The van der Waals surface area contributed by atoms with Gasteiger partial charge >= 0.3 is 0 Å². The number of allylic oxidation sites excluding steroid dienone is 3. The summed E-state index contributed by atoms with van der Waals surface area (Å²) < 4.78 is 0. The molecule has 1 nitrogen and oxygen atoms in total. The van der Waals surface area contributed by atoms with E-state index in [2.05, 4.69) is 73.1 Å². The Bertz CT molecular complexity index is 754. The van der Waals surface area contributed by atoms with E-state index in [0.717, 1.165) is 18.5 Å². The Morgan fingerprint density at radius 1 is 1.13 bits per heavy atom. The Balaban J connectivity index is 1.94. The van der Waals surface area contributed by atoms with Gasteiger partial charge in [-0.2, -0.15) is 0 Å². The predicted octanol–water partition coefficient (Wildman–Crippen LogP) is 6.20. The number of anilines is 1. The quantitative estimate of drug-likeness (QED) is 0.719. The van der Waals surface area contributed by atoms with Crippen molar-refractivity contribution in [3.63, 3.8) is 0 Å². The summed E-state index contributed by atoms with van der Waals surface area (Å²) in [5.74, 6) is 0. The van der Waals surface area contributed by atoms with E-state index in [0.29, 0.717) is 0 Å². The van der Waals surface area contributed by atoms with Gasteiger partial charge < -0.3 is 5.32 Å². The minimum absolute atomic E-state index is 1.03. The van der Waals surface area contributed by atoms with Crippen molar-refractivity contribution >= 4 is 17.4 Å². The highest BCUT2D eigenvalue weighted by atomic mass is 32.2. The molecule has 0 atom stereocenters. The highest BCUT2D eigenvalue weighted by Gasteiger charge is 2.14. The molecule has 3 rings (SSSR count). The van der Waals surface area contributed by atoms with Gasteiger partial charge in [-0.15, -0.1) is 0 Å². The van der Waals surface area contributed by atoms with E-state index >= 15 is 0 Å². The van der Waals surface area contributed by atoms with Gasteiger partial charge in [0.15, 0.2) is 0 Å². The molecule has 1 aliphatic rings. The number of benzene rings is 2. The number of hydrogen-bond donors (Lipinski definition) is 1. The third kappa shape index (κ3) is 3.53. The van der Waals surface area contributed by atoms with Crippen molar-refractivity contribution in [2.45, 2.75) is 31.6 Å². The number of fused-ring (bicyclic) bond motifs is 1. The third-order valence-electron chi connectivity index (χ3n) is 4.15. The zero-order chi connectivity index (χ0) is 16.2. The maximum absolute atomic E-state index is 3.17. The van der Waals surface area contributed by atoms with Gasteiger partial charge in [0.05, 0.1) is 0 Å². The van der Waals surface area contributed by atoms with Crippen LogP contribution in [0.4, 0.5) is 5.69 Å². The highest BCUT2D eigenvalue weighted by Crippen LogP contribution is 2.38. The van der Waals surface area contributed by atoms with Crippen molar-refractivity contribution in [2.24, 2.45) is 0 Å². The molecule has 0 saturated carbocycles. The Labute approximate surface area is 143 Å². The molecule has 0 spiro atoms. The van der Waals surface area contributed by atoms with E-state index < -0.39 is 0 Å². The summed E-state index contributed by atoms with van der Waals surface area (Å²) in [7, 11) is 1.95. The van der Waals surface area contributed by atoms with Crippen molar-refractivity contribution < 1.29 is 0 Å². The average molecular weight is 321 g/mol. The second-order valence-electron chi connectivity index (χ2n) is 5.91. The number of hydrogen-bond acceptors (Lipinski definition) is 2. The number of thioether (sulfide) groups is 1. The summed E-state index contributed by atoms with van der Waals surface area (Å²) in [6, 6.07) is 13.3. The molecule has 2 heteroatoms. The normalized spacial score (nSPS) is 13.8. The average Bonchev–Trinajstić information content (AvgIpc) is 2.59. The Kier molecular flexibility index (Phi) is 4.92. The zero-order valence-electron chi connectivity index (χ0n) is 14.0. The maximum atomic E-state index is 3.17. The lowest BCUT2D eigenvalue weighted by molar-refractivity contribution is 1.09. The predicted molar refractivity (Wildman–Crippen MR) is 103 cm³/mol. The Hall–Kier alpha value is -1.93. The van der Waals surface area contributed by atoms with E-state index in [4.69, 9.17) is 0 Å². The summed E-state index contributed by atoms with van der Waals surface area (Å²) in [4.78, 5) is 1.43. The molecular weight excluding hydrogens is 298 g/mol. The molecular formula is C21H23NS. The van der Waals surface area contributed by atoms with Gasteiger partial charge in [0.1, 0.15) is 0 Å². The standard InChI is InChI=1S/C21H23NS/c1-4-5-6-16-12-19-13-18(11-15(2)21(19)23-14-16)17-7-9-20(22-3)10-8-17/h5-11,13-14,22H,4,12H2,1-3H3/b6-5-. The summed E-state index contributed by atoms with van der Waals surface area (Å²) >= 11 is 1.86. The van der Waals surface area contributed by atoms with Crippen molar-refractivity contribution in [3.05, 3.63) is 70.7 Å². The van der Waals surface area contributed by atoms with Crippen LogP contribution in [0.15, 0.2) is 64.4 Å². The molecule has 0 radical (unpaired) electrons. The summed E-state index contributed by atoms with van der Waals surface area (Å²) in [6.07, 6.45) is 6.62. The smallest absolute Gasteiger partial charge is 0.0337 e. The molecule has 0 amide bonds. The second-order valence-corrected chi connectivity index (χ2v) is 6.79. The molecule has 0 fully saturated rings. The van der Waals surface area contributed by atoms with Gasteiger partial charge in [-0.3, -0.25) is 0 Å². The molecule has 0 aromatic heterocycles.